The lowest BCUT2D eigenvalue weighted by Crippen LogP contribution is -2.51. The molecule has 0 radical (unpaired) electrons. The van der Waals surface area contributed by atoms with E-state index in [1.807, 2.05) is 0 Å². The molecule has 0 spiro atoms. The highest BCUT2D eigenvalue weighted by Crippen LogP contribution is 2.14. The summed E-state index contributed by atoms with van der Waals surface area (Å²) >= 11 is 0. The first-order valence-electron chi connectivity index (χ1n) is 7.62. The standard InChI is InChI=1S/C15H29N5/c1-12(2)8-16-15-17-13(3)9-20(15)11-14-10-18(4)6-7-19(14)5/h9,12,14H,6-8,10-11H2,1-5H3,(H,16,17). The molecule has 1 aliphatic heterocycles. The number of piperazine rings is 1. The first-order chi connectivity index (χ1) is 9.45. The van der Waals surface area contributed by atoms with Crippen molar-refractivity contribution in [1.29, 1.82) is 0 Å². The summed E-state index contributed by atoms with van der Waals surface area (Å²) < 4.78 is 2.28. The highest BCUT2D eigenvalue weighted by molar-refractivity contribution is 5.29. The Hall–Kier alpha value is -1.07. The number of hydrogen-bond acceptors (Lipinski definition) is 4. The molecule has 114 valence electrons. The third-order valence-corrected chi connectivity index (χ3v) is 3.95. The van der Waals surface area contributed by atoms with Crippen molar-refractivity contribution in [2.24, 2.45) is 5.92 Å². The summed E-state index contributed by atoms with van der Waals surface area (Å²) in [5.41, 5.74) is 1.09. The van der Waals surface area contributed by atoms with Crippen molar-refractivity contribution in [3.63, 3.8) is 0 Å². The van der Waals surface area contributed by atoms with E-state index in [9.17, 15) is 0 Å². The first-order valence-corrected chi connectivity index (χ1v) is 7.62. The lowest BCUT2D eigenvalue weighted by atomic mass is 10.2. The molecule has 0 bridgehead atoms. The summed E-state index contributed by atoms with van der Waals surface area (Å²) in [4.78, 5) is 9.48. The monoisotopic (exact) mass is 279 g/mol. The van der Waals surface area contributed by atoms with Crippen LogP contribution in [0.4, 0.5) is 5.95 Å². The summed E-state index contributed by atoms with van der Waals surface area (Å²) in [7, 11) is 4.43. The van der Waals surface area contributed by atoms with E-state index >= 15 is 0 Å². The first kappa shape index (κ1) is 15.3. The third kappa shape index (κ3) is 3.96. The summed E-state index contributed by atoms with van der Waals surface area (Å²) in [6.07, 6.45) is 2.16. The van der Waals surface area contributed by atoms with E-state index < -0.39 is 0 Å². The quantitative estimate of drug-likeness (QED) is 0.886. The number of hydrogen-bond donors (Lipinski definition) is 1. The average molecular weight is 279 g/mol. The van der Waals surface area contributed by atoms with Gasteiger partial charge < -0.3 is 14.8 Å². The van der Waals surface area contributed by atoms with Crippen LogP contribution in [-0.2, 0) is 6.54 Å². The molecule has 1 atom stereocenters. The van der Waals surface area contributed by atoms with Crippen LogP contribution in [0, 0.1) is 12.8 Å². The molecule has 1 saturated heterocycles. The molecule has 0 saturated carbocycles. The molecule has 1 N–H and O–H groups in total. The molecule has 20 heavy (non-hydrogen) atoms. The fourth-order valence-electron chi connectivity index (χ4n) is 2.65. The number of aryl methyl sites for hydroxylation is 1. The number of imidazole rings is 1. The van der Waals surface area contributed by atoms with E-state index in [0.717, 1.165) is 44.4 Å². The predicted octanol–water partition coefficient (Wildman–Crippen LogP) is 1.51. The minimum Gasteiger partial charge on any atom is -0.355 e. The van der Waals surface area contributed by atoms with E-state index in [1.54, 1.807) is 0 Å². The van der Waals surface area contributed by atoms with Crippen LogP contribution in [0.3, 0.4) is 0 Å². The highest BCUT2D eigenvalue weighted by atomic mass is 15.3. The van der Waals surface area contributed by atoms with Crippen molar-refractivity contribution in [1.82, 2.24) is 19.4 Å². The Balaban J connectivity index is 2.04. The molecule has 2 rings (SSSR count). The second kappa shape index (κ2) is 6.59. The molecule has 0 aromatic carbocycles. The fourth-order valence-corrected chi connectivity index (χ4v) is 2.65. The maximum absolute atomic E-state index is 4.61. The van der Waals surface area contributed by atoms with Gasteiger partial charge in [0.25, 0.3) is 0 Å². The Kier molecular flexibility index (Phi) is 5.05. The van der Waals surface area contributed by atoms with Crippen molar-refractivity contribution in [2.45, 2.75) is 33.4 Å². The SMILES string of the molecule is Cc1cn(CC2CN(C)CCN2C)c(NCC(C)C)n1. The van der Waals surface area contributed by atoms with Crippen LogP contribution in [0.25, 0.3) is 0 Å². The Labute approximate surface area is 123 Å². The Morgan fingerprint density at radius 1 is 1.35 bits per heavy atom. The molecule has 1 aromatic heterocycles. The topological polar surface area (TPSA) is 36.3 Å². The van der Waals surface area contributed by atoms with Crippen LogP contribution >= 0.6 is 0 Å². The second-order valence-electron chi connectivity index (χ2n) is 6.53. The van der Waals surface area contributed by atoms with Crippen LogP contribution in [0.1, 0.15) is 19.5 Å². The number of aromatic nitrogens is 2. The number of nitrogens with one attached hydrogen (secondary N) is 1. The number of rotatable bonds is 5. The summed E-state index contributed by atoms with van der Waals surface area (Å²) in [5.74, 6) is 1.64. The van der Waals surface area contributed by atoms with E-state index in [1.165, 1.54) is 0 Å². The van der Waals surface area contributed by atoms with Crippen LogP contribution in [-0.4, -0.2) is 65.7 Å². The van der Waals surface area contributed by atoms with Gasteiger partial charge >= 0.3 is 0 Å². The number of likely N-dealkylation sites (N-methyl/N-ethyl adjacent to an activating group) is 2. The molecule has 1 aromatic rings. The van der Waals surface area contributed by atoms with Crippen molar-refractivity contribution in [2.75, 3.05) is 45.6 Å². The largest absolute Gasteiger partial charge is 0.355 e. The minimum absolute atomic E-state index is 0.557. The van der Waals surface area contributed by atoms with E-state index in [-0.39, 0.29) is 0 Å². The zero-order valence-corrected chi connectivity index (χ0v) is 13.6. The van der Waals surface area contributed by atoms with Gasteiger partial charge in [-0.05, 0) is 26.9 Å². The van der Waals surface area contributed by atoms with Gasteiger partial charge in [0.05, 0.1) is 5.69 Å². The second-order valence-corrected chi connectivity index (χ2v) is 6.53. The molecular formula is C15H29N5. The van der Waals surface area contributed by atoms with Crippen molar-refractivity contribution in [3.05, 3.63) is 11.9 Å². The molecule has 1 aliphatic rings. The summed E-state index contributed by atoms with van der Waals surface area (Å²) in [5, 5.41) is 3.47. The van der Waals surface area contributed by atoms with Crippen LogP contribution in [0.2, 0.25) is 0 Å². The average Bonchev–Trinajstić information content (AvgIpc) is 2.71. The van der Waals surface area contributed by atoms with Gasteiger partial charge in [0, 0.05) is 45.0 Å². The van der Waals surface area contributed by atoms with Gasteiger partial charge in [0.15, 0.2) is 0 Å². The Bertz CT molecular complexity index is 426. The molecule has 0 amide bonds. The molecule has 2 heterocycles. The maximum atomic E-state index is 4.61. The van der Waals surface area contributed by atoms with Gasteiger partial charge in [-0.25, -0.2) is 4.98 Å². The molecule has 5 nitrogen and oxygen atoms in total. The molecule has 1 unspecified atom stereocenters. The van der Waals surface area contributed by atoms with Gasteiger partial charge in [-0.15, -0.1) is 0 Å². The zero-order chi connectivity index (χ0) is 14.7. The maximum Gasteiger partial charge on any atom is 0.203 e. The Morgan fingerprint density at radius 3 is 2.80 bits per heavy atom. The molecule has 0 aliphatic carbocycles. The molecule has 5 heteroatoms. The van der Waals surface area contributed by atoms with Crippen molar-refractivity contribution < 1.29 is 0 Å². The third-order valence-electron chi connectivity index (χ3n) is 3.95. The smallest absolute Gasteiger partial charge is 0.203 e. The van der Waals surface area contributed by atoms with Crippen LogP contribution < -0.4 is 5.32 Å². The van der Waals surface area contributed by atoms with Gasteiger partial charge in [-0.3, -0.25) is 4.90 Å². The minimum atomic E-state index is 0.557. The van der Waals surface area contributed by atoms with Gasteiger partial charge in [0.2, 0.25) is 5.95 Å². The van der Waals surface area contributed by atoms with Gasteiger partial charge in [-0.2, -0.15) is 0 Å². The zero-order valence-electron chi connectivity index (χ0n) is 13.6. The summed E-state index contributed by atoms with van der Waals surface area (Å²) in [6, 6.07) is 0.557. The fraction of sp³-hybridized carbons (Fsp3) is 0.800. The van der Waals surface area contributed by atoms with E-state index in [2.05, 4.69) is 65.7 Å². The van der Waals surface area contributed by atoms with Crippen LogP contribution in [0.15, 0.2) is 6.20 Å². The predicted molar refractivity (Wildman–Crippen MR) is 84.2 cm³/mol. The number of nitrogens with zero attached hydrogens (tertiary/aromatic N) is 4. The normalized spacial score (nSPS) is 21.6. The van der Waals surface area contributed by atoms with Crippen molar-refractivity contribution in [3.8, 4) is 0 Å². The highest BCUT2D eigenvalue weighted by Gasteiger charge is 2.23. The Morgan fingerprint density at radius 2 is 2.10 bits per heavy atom. The van der Waals surface area contributed by atoms with Crippen LogP contribution in [0.5, 0.6) is 0 Å². The lowest BCUT2D eigenvalue weighted by molar-refractivity contribution is 0.103. The number of anilines is 1. The summed E-state index contributed by atoms with van der Waals surface area (Å²) in [6.45, 7) is 11.9. The lowest BCUT2D eigenvalue weighted by Gasteiger charge is -2.38. The van der Waals surface area contributed by atoms with Gasteiger partial charge in [-0.1, -0.05) is 13.8 Å². The molecular weight excluding hydrogens is 250 g/mol. The van der Waals surface area contributed by atoms with Gasteiger partial charge in [0.1, 0.15) is 0 Å². The van der Waals surface area contributed by atoms with E-state index in [4.69, 9.17) is 0 Å². The van der Waals surface area contributed by atoms with E-state index in [0.29, 0.717) is 12.0 Å². The van der Waals surface area contributed by atoms with Crippen molar-refractivity contribution >= 4 is 5.95 Å². The molecule has 1 fully saturated rings.